The van der Waals surface area contributed by atoms with Crippen molar-refractivity contribution in [2.24, 2.45) is 11.7 Å². The molecule has 1 heterocycles. The Morgan fingerprint density at radius 3 is 2.71 bits per heavy atom. The van der Waals surface area contributed by atoms with E-state index in [1.54, 1.807) is 13.1 Å². The van der Waals surface area contributed by atoms with E-state index in [4.69, 9.17) is 5.73 Å². The molecule has 1 fully saturated rings. The molecule has 1 aromatic rings. The number of carbonyl (C=O) groups is 1. The maximum Gasteiger partial charge on any atom is 0.244 e. The molecule has 1 amide bonds. The Morgan fingerprint density at radius 1 is 1.53 bits per heavy atom. The summed E-state index contributed by atoms with van der Waals surface area (Å²) in [5.41, 5.74) is 7.93. The molecule has 0 aliphatic heterocycles. The molecule has 4 nitrogen and oxygen atoms in total. The van der Waals surface area contributed by atoms with Gasteiger partial charge in [0.1, 0.15) is 0 Å². The zero-order chi connectivity index (χ0) is 12.6. The molecule has 1 aromatic heterocycles. The molecular weight excluding hydrogens is 214 g/mol. The number of nitrogens with zero attached hydrogens (tertiary/aromatic N) is 1. The van der Waals surface area contributed by atoms with Gasteiger partial charge < -0.3 is 11.1 Å². The predicted molar refractivity (Wildman–Crippen MR) is 67.7 cm³/mol. The van der Waals surface area contributed by atoms with Gasteiger partial charge in [-0.2, -0.15) is 0 Å². The van der Waals surface area contributed by atoms with Gasteiger partial charge in [0.15, 0.2) is 0 Å². The molecule has 2 rings (SSSR count). The van der Waals surface area contributed by atoms with Crippen molar-refractivity contribution in [2.45, 2.75) is 39.2 Å². The summed E-state index contributed by atoms with van der Waals surface area (Å²) in [6.45, 7) is 5.64. The fourth-order valence-corrected chi connectivity index (χ4v) is 2.00. The van der Waals surface area contributed by atoms with E-state index in [1.807, 2.05) is 19.9 Å². The largest absolute Gasteiger partial charge is 0.323 e. The Hall–Kier alpha value is -1.42. The highest BCUT2D eigenvalue weighted by atomic mass is 16.2. The second-order valence-electron chi connectivity index (χ2n) is 5.10. The van der Waals surface area contributed by atoms with Gasteiger partial charge in [0.05, 0.1) is 16.9 Å². The summed E-state index contributed by atoms with van der Waals surface area (Å²) in [7, 11) is 0. The molecule has 92 valence electrons. The highest BCUT2D eigenvalue weighted by Gasteiger charge is 2.44. The minimum atomic E-state index is -0.769. The van der Waals surface area contributed by atoms with Crippen LogP contribution in [-0.2, 0) is 4.79 Å². The molecule has 0 saturated heterocycles. The van der Waals surface area contributed by atoms with Gasteiger partial charge in [-0.25, -0.2) is 0 Å². The van der Waals surface area contributed by atoms with Crippen LogP contribution in [0.5, 0.6) is 0 Å². The van der Waals surface area contributed by atoms with Gasteiger partial charge in [-0.15, -0.1) is 0 Å². The van der Waals surface area contributed by atoms with E-state index in [0.717, 1.165) is 29.8 Å². The number of aromatic nitrogens is 1. The lowest BCUT2D eigenvalue weighted by atomic mass is 9.96. The first-order chi connectivity index (χ1) is 7.93. The summed E-state index contributed by atoms with van der Waals surface area (Å²) >= 11 is 0. The number of hydrogen-bond acceptors (Lipinski definition) is 3. The van der Waals surface area contributed by atoms with Crippen LogP contribution in [0.15, 0.2) is 12.3 Å². The Kier molecular flexibility index (Phi) is 2.91. The first-order valence-electron chi connectivity index (χ1n) is 5.95. The van der Waals surface area contributed by atoms with E-state index in [0.29, 0.717) is 5.92 Å². The maximum atomic E-state index is 12.2. The average molecular weight is 233 g/mol. The number of amides is 1. The standard InChI is InChI=1S/C13H19N3O/c1-8-6-7-15-9(2)11(8)16-12(17)13(3,14)10-4-5-10/h6-7,10H,4-5,14H2,1-3H3,(H,16,17). The average Bonchev–Trinajstić information content (AvgIpc) is 3.07. The quantitative estimate of drug-likeness (QED) is 0.836. The molecule has 1 saturated carbocycles. The first-order valence-corrected chi connectivity index (χ1v) is 5.95. The van der Waals surface area contributed by atoms with E-state index in [9.17, 15) is 4.79 Å². The molecule has 1 aliphatic rings. The Morgan fingerprint density at radius 2 is 2.18 bits per heavy atom. The Labute approximate surface area is 102 Å². The van der Waals surface area contributed by atoms with Crippen LogP contribution < -0.4 is 11.1 Å². The predicted octanol–water partition coefficient (Wildman–Crippen LogP) is 1.76. The number of aryl methyl sites for hydroxylation is 2. The van der Waals surface area contributed by atoms with Crippen molar-refractivity contribution in [1.82, 2.24) is 4.98 Å². The van der Waals surface area contributed by atoms with Gasteiger partial charge in [0.25, 0.3) is 0 Å². The second-order valence-corrected chi connectivity index (χ2v) is 5.10. The number of rotatable bonds is 3. The summed E-state index contributed by atoms with van der Waals surface area (Å²) in [5.74, 6) is 0.207. The minimum absolute atomic E-state index is 0.112. The van der Waals surface area contributed by atoms with Crippen molar-refractivity contribution in [3.05, 3.63) is 23.5 Å². The SMILES string of the molecule is Cc1ccnc(C)c1NC(=O)C(C)(N)C1CC1. The number of nitrogens with two attached hydrogens (primary N) is 1. The number of carbonyl (C=O) groups excluding carboxylic acids is 1. The number of nitrogens with one attached hydrogen (secondary N) is 1. The fraction of sp³-hybridized carbons (Fsp3) is 0.538. The third-order valence-corrected chi connectivity index (χ3v) is 3.50. The van der Waals surface area contributed by atoms with Crippen molar-refractivity contribution < 1.29 is 4.79 Å². The molecule has 0 radical (unpaired) electrons. The summed E-state index contributed by atoms with van der Waals surface area (Å²) in [6.07, 6.45) is 3.83. The van der Waals surface area contributed by atoms with Crippen molar-refractivity contribution >= 4 is 11.6 Å². The lowest BCUT2D eigenvalue weighted by Gasteiger charge is -2.24. The Bertz CT molecular complexity index is 430. The molecule has 0 aromatic carbocycles. The smallest absolute Gasteiger partial charge is 0.244 e. The van der Waals surface area contributed by atoms with Gasteiger partial charge >= 0.3 is 0 Å². The highest BCUT2D eigenvalue weighted by Crippen LogP contribution is 2.38. The molecule has 1 aliphatic carbocycles. The topological polar surface area (TPSA) is 68.0 Å². The first kappa shape index (κ1) is 12.0. The van der Waals surface area contributed by atoms with Crippen LogP contribution in [0.1, 0.15) is 31.0 Å². The lowest BCUT2D eigenvalue weighted by Crippen LogP contribution is -2.50. The zero-order valence-electron chi connectivity index (χ0n) is 10.6. The number of pyridine rings is 1. The third-order valence-electron chi connectivity index (χ3n) is 3.50. The number of anilines is 1. The molecule has 4 heteroatoms. The normalized spacial score (nSPS) is 18.6. The van der Waals surface area contributed by atoms with Crippen LogP contribution in [0.25, 0.3) is 0 Å². The van der Waals surface area contributed by atoms with Crippen LogP contribution in [0, 0.1) is 19.8 Å². The van der Waals surface area contributed by atoms with Gasteiger partial charge in [-0.1, -0.05) is 0 Å². The van der Waals surface area contributed by atoms with E-state index >= 15 is 0 Å². The van der Waals surface area contributed by atoms with E-state index < -0.39 is 5.54 Å². The van der Waals surface area contributed by atoms with Crippen LogP contribution in [0.4, 0.5) is 5.69 Å². The van der Waals surface area contributed by atoms with Crippen LogP contribution >= 0.6 is 0 Å². The monoisotopic (exact) mass is 233 g/mol. The molecule has 0 bridgehead atoms. The zero-order valence-corrected chi connectivity index (χ0v) is 10.6. The second kappa shape index (κ2) is 4.11. The molecule has 1 atom stereocenters. The van der Waals surface area contributed by atoms with Crippen LogP contribution in [0.2, 0.25) is 0 Å². The van der Waals surface area contributed by atoms with E-state index in [1.165, 1.54) is 0 Å². The molecule has 0 spiro atoms. The number of hydrogen-bond donors (Lipinski definition) is 2. The molecule has 3 N–H and O–H groups in total. The summed E-state index contributed by atoms with van der Waals surface area (Å²) < 4.78 is 0. The molecule has 1 unspecified atom stereocenters. The highest BCUT2D eigenvalue weighted by molar-refractivity contribution is 5.99. The van der Waals surface area contributed by atoms with Gasteiger partial charge in [-0.05, 0) is 51.2 Å². The van der Waals surface area contributed by atoms with Crippen LogP contribution in [0.3, 0.4) is 0 Å². The van der Waals surface area contributed by atoms with Crippen molar-refractivity contribution in [3.8, 4) is 0 Å². The van der Waals surface area contributed by atoms with Crippen LogP contribution in [-0.4, -0.2) is 16.4 Å². The molecule has 17 heavy (non-hydrogen) atoms. The molecular formula is C13H19N3O. The fourth-order valence-electron chi connectivity index (χ4n) is 2.00. The van der Waals surface area contributed by atoms with Crippen molar-refractivity contribution in [2.75, 3.05) is 5.32 Å². The van der Waals surface area contributed by atoms with Gasteiger partial charge in [0, 0.05) is 6.20 Å². The Balaban J connectivity index is 2.18. The summed E-state index contributed by atoms with van der Waals surface area (Å²) in [6, 6.07) is 1.88. The van der Waals surface area contributed by atoms with Gasteiger partial charge in [0.2, 0.25) is 5.91 Å². The van der Waals surface area contributed by atoms with E-state index in [2.05, 4.69) is 10.3 Å². The third kappa shape index (κ3) is 2.31. The summed E-state index contributed by atoms with van der Waals surface area (Å²) in [4.78, 5) is 16.3. The maximum absolute atomic E-state index is 12.2. The van der Waals surface area contributed by atoms with Gasteiger partial charge in [-0.3, -0.25) is 9.78 Å². The lowest BCUT2D eigenvalue weighted by molar-refractivity contribution is -0.121. The van der Waals surface area contributed by atoms with Crippen molar-refractivity contribution in [3.63, 3.8) is 0 Å². The van der Waals surface area contributed by atoms with E-state index in [-0.39, 0.29) is 5.91 Å². The van der Waals surface area contributed by atoms with Crippen molar-refractivity contribution in [1.29, 1.82) is 0 Å². The minimum Gasteiger partial charge on any atom is -0.323 e. The summed E-state index contributed by atoms with van der Waals surface area (Å²) in [5, 5.41) is 2.91.